The Morgan fingerprint density at radius 2 is 1.54 bits per heavy atom. The third kappa shape index (κ3) is 6.23. The number of carbonyl (C=O) groups excluding carboxylic acids is 3. The number of ether oxygens (including phenoxy) is 1. The summed E-state index contributed by atoms with van der Waals surface area (Å²) in [6.45, 7) is 7.16. The summed E-state index contributed by atoms with van der Waals surface area (Å²) in [5, 5.41) is 5.23. The van der Waals surface area contributed by atoms with E-state index in [-0.39, 0.29) is 18.9 Å². The average molecular weight is 382 g/mol. The third-order valence-electron chi connectivity index (χ3n) is 4.48. The molecule has 6 nitrogen and oxygen atoms in total. The zero-order chi connectivity index (χ0) is 20.7. The lowest BCUT2D eigenvalue weighted by molar-refractivity contribution is -0.147. The molecule has 0 heterocycles. The van der Waals surface area contributed by atoms with Crippen molar-refractivity contribution in [2.45, 2.75) is 34.1 Å². The summed E-state index contributed by atoms with van der Waals surface area (Å²) in [6, 6.07) is 11.4. The van der Waals surface area contributed by atoms with Crippen LogP contribution in [0.3, 0.4) is 0 Å². The Hall–Kier alpha value is -3.15. The van der Waals surface area contributed by atoms with Gasteiger partial charge >= 0.3 is 5.97 Å². The molecule has 0 bridgehead atoms. The van der Waals surface area contributed by atoms with Gasteiger partial charge in [-0.15, -0.1) is 0 Å². The molecular weight excluding hydrogens is 356 g/mol. The molecule has 0 saturated carbocycles. The van der Waals surface area contributed by atoms with E-state index >= 15 is 0 Å². The second-order valence-corrected chi connectivity index (χ2v) is 6.85. The third-order valence-corrected chi connectivity index (χ3v) is 4.48. The van der Waals surface area contributed by atoms with Crippen LogP contribution in [0.1, 0.15) is 27.8 Å². The quantitative estimate of drug-likeness (QED) is 0.721. The van der Waals surface area contributed by atoms with Crippen molar-refractivity contribution in [3.63, 3.8) is 0 Å². The molecule has 0 unspecified atom stereocenters. The lowest BCUT2D eigenvalue weighted by Crippen LogP contribution is -2.35. The lowest BCUT2D eigenvalue weighted by atomic mass is 10.0. The number of nitrogens with one attached hydrogen (secondary N) is 2. The minimum absolute atomic E-state index is 0.0987. The molecule has 0 spiro atoms. The van der Waals surface area contributed by atoms with E-state index < -0.39 is 18.5 Å². The number of carbonyl (C=O) groups is 3. The number of hydrogen-bond acceptors (Lipinski definition) is 4. The van der Waals surface area contributed by atoms with Gasteiger partial charge in [0, 0.05) is 5.69 Å². The van der Waals surface area contributed by atoms with Gasteiger partial charge in [-0.1, -0.05) is 36.4 Å². The molecule has 2 aromatic rings. The molecule has 0 radical (unpaired) electrons. The Bertz CT molecular complexity index is 870. The summed E-state index contributed by atoms with van der Waals surface area (Å²) in [5.41, 5.74) is 5.71. The molecule has 0 fully saturated rings. The summed E-state index contributed by atoms with van der Waals surface area (Å²) >= 11 is 0. The van der Waals surface area contributed by atoms with Gasteiger partial charge < -0.3 is 15.4 Å². The monoisotopic (exact) mass is 382 g/mol. The summed E-state index contributed by atoms with van der Waals surface area (Å²) in [5.74, 6) is -1.35. The van der Waals surface area contributed by atoms with E-state index in [9.17, 15) is 14.4 Å². The molecule has 2 amide bonds. The van der Waals surface area contributed by atoms with Crippen LogP contribution in [0.15, 0.2) is 36.4 Å². The number of benzene rings is 2. The van der Waals surface area contributed by atoms with Crippen LogP contribution in [0.2, 0.25) is 0 Å². The zero-order valence-electron chi connectivity index (χ0n) is 16.7. The van der Waals surface area contributed by atoms with Crippen LogP contribution in [0.5, 0.6) is 0 Å². The van der Waals surface area contributed by atoms with E-state index in [1.165, 1.54) is 0 Å². The van der Waals surface area contributed by atoms with Gasteiger partial charge in [0.05, 0.1) is 13.0 Å². The van der Waals surface area contributed by atoms with E-state index in [4.69, 9.17) is 4.74 Å². The minimum Gasteiger partial charge on any atom is -0.455 e. The molecule has 6 heteroatoms. The highest BCUT2D eigenvalue weighted by Gasteiger charge is 2.12. The molecule has 0 saturated heterocycles. The van der Waals surface area contributed by atoms with Crippen LogP contribution >= 0.6 is 0 Å². The Labute approximate surface area is 165 Å². The van der Waals surface area contributed by atoms with E-state index in [0.29, 0.717) is 0 Å². The first-order valence-electron chi connectivity index (χ1n) is 9.10. The first-order valence-corrected chi connectivity index (χ1v) is 9.10. The van der Waals surface area contributed by atoms with Crippen molar-refractivity contribution in [2.24, 2.45) is 0 Å². The van der Waals surface area contributed by atoms with Crippen molar-refractivity contribution in [1.82, 2.24) is 5.32 Å². The first kappa shape index (κ1) is 21.2. The van der Waals surface area contributed by atoms with Crippen LogP contribution in [-0.4, -0.2) is 30.9 Å². The Morgan fingerprint density at radius 1 is 0.857 bits per heavy atom. The SMILES string of the molecule is Cc1ccc(CC(=O)OCC(=O)NCC(=O)Nc2c(C)cccc2C)cc1C. The van der Waals surface area contributed by atoms with E-state index in [2.05, 4.69) is 10.6 Å². The Morgan fingerprint density at radius 3 is 2.18 bits per heavy atom. The van der Waals surface area contributed by atoms with Crippen LogP contribution in [0.4, 0.5) is 5.69 Å². The van der Waals surface area contributed by atoms with Crippen LogP contribution in [0, 0.1) is 27.7 Å². The number of rotatable bonds is 7. The van der Waals surface area contributed by atoms with Crippen molar-refractivity contribution >= 4 is 23.5 Å². The highest BCUT2D eigenvalue weighted by molar-refractivity contribution is 5.96. The summed E-state index contributed by atoms with van der Waals surface area (Å²) in [6.07, 6.45) is 0.0987. The molecule has 0 aromatic heterocycles. The molecule has 0 aliphatic rings. The van der Waals surface area contributed by atoms with Crippen molar-refractivity contribution in [3.05, 3.63) is 64.2 Å². The number of aryl methyl sites for hydroxylation is 4. The molecule has 2 aromatic carbocycles. The highest BCUT2D eigenvalue weighted by Crippen LogP contribution is 2.19. The Balaban J connectivity index is 1.74. The van der Waals surface area contributed by atoms with Crippen LogP contribution in [0.25, 0.3) is 0 Å². The highest BCUT2D eigenvalue weighted by atomic mass is 16.5. The largest absolute Gasteiger partial charge is 0.455 e. The molecule has 2 rings (SSSR count). The van der Waals surface area contributed by atoms with Crippen molar-refractivity contribution < 1.29 is 19.1 Å². The van der Waals surface area contributed by atoms with Gasteiger partial charge in [-0.3, -0.25) is 14.4 Å². The second-order valence-electron chi connectivity index (χ2n) is 6.85. The maximum Gasteiger partial charge on any atom is 0.310 e. The zero-order valence-corrected chi connectivity index (χ0v) is 16.7. The van der Waals surface area contributed by atoms with Gasteiger partial charge in [0.25, 0.3) is 5.91 Å². The van der Waals surface area contributed by atoms with Gasteiger partial charge in [0.2, 0.25) is 5.91 Å². The second kappa shape index (κ2) is 9.69. The number of para-hydroxylation sites is 1. The van der Waals surface area contributed by atoms with Gasteiger partial charge in [-0.05, 0) is 55.5 Å². The first-order chi connectivity index (χ1) is 13.3. The van der Waals surface area contributed by atoms with E-state index in [0.717, 1.165) is 33.5 Å². The number of anilines is 1. The molecule has 0 aliphatic heterocycles. The molecule has 2 N–H and O–H groups in total. The number of amides is 2. The normalized spacial score (nSPS) is 10.3. The van der Waals surface area contributed by atoms with Crippen LogP contribution < -0.4 is 10.6 Å². The number of esters is 1. The van der Waals surface area contributed by atoms with E-state index in [1.54, 1.807) is 0 Å². The van der Waals surface area contributed by atoms with Crippen molar-refractivity contribution in [1.29, 1.82) is 0 Å². The Kier molecular flexibility index (Phi) is 7.32. The standard InChI is InChI=1S/C22H26N2O4/c1-14-8-9-18(10-17(14)4)11-21(27)28-13-20(26)23-12-19(25)24-22-15(2)6-5-7-16(22)3/h5-10H,11-13H2,1-4H3,(H,23,26)(H,24,25). The fourth-order valence-corrected chi connectivity index (χ4v) is 2.70. The minimum atomic E-state index is -0.523. The molecule has 28 heavy (non-hydrogen) atoms. The molecular formula is C22H26N2O4. The summed E-state index contributed by atoms with van der Waals surface area (Å²) < 4.78 is 4.98. The number of hydrogen-bond donors (Lipinski definition) is 2. The molecule has 0 atom stereocenters. The van der Waals surface area contributed by atoms with Gasteiger partial charge in [0.15, 0.2) is 6.61 Å². The van der Waals surface area contributed by atoms with Gasteiger partial charge in [-0.25, -0.2) is 0 Å². The molecule has 0 aliphatic carbocycles. The fourth-order valence-electron chi connectivity index (χ4n) is 2.70. The van der Waals surface area contributed by atoms with E-state index in [1.807, 2.05) is 64.1 Å². The maximum absolute atomic E-state index is 12.0. The summed E-state index contributed by atoms with van der Waals surface area (Å²) in [7, 11) is 0. The lowest BCUT2D eigenvalue weighted by Gasteiger charge is -2.12. The van der Waals surface area contributed by atoms with Gasteiger partial charge in [-0.2, -0.15) is 0 Å². The van der Waals surface area contributed by atoms with Crippen molar-refractivity contribution in [2.75, 3.05) is 18.5 Å². The maximum atomic E-state index is 12.0. The predicted octanol–water partition coefficient (Wildman–Crippen LogP) is 2.76. The van der Waals surface area contributed by atoms with Gasteiger partial charge in [0.1, 0.15) is 0 Å². The van der Waals surface area contributed by atoms with Crippen LogP contribution in [-0.2, 0) is 25.5 Å². The topological polar surface area (TPSA) is 84.5 Å². The smallest absolute Gasteiger partial charge is 0.310 e. The predicted molar refractivity (Wildman–Crippen MR) is 108 cm³/mol. The average Bonchev–Trinajstić information content (AvgIpc) is 2.64. The fraction of sp³-hybridized carbons (Fsp3) is 0.318. The summed E-state index contributed by atoms with van der Waals surface area (Å²) in [4.78, 5) is 35.7. The van der Waals surface area contributed by atoms with Crippen molar-refractivity contribution in [3.8, 4) is 0 Å². The molecule has 148 valence electrons.